The molecule has 0 amide bonds. The molecule has 117 heavy (non-hydrogen) atoms. The van der Waals surface area contributed by atoms with E-state index in [2.05, 4.69) is 396 Å². The maximum absolute atomic E-state index is 4.38. The Bertz CT molecular complexity index is 6790. The van der Waals surface area contributed by atoms with Crippen molar-refractivity contribution in [3.63, 3.8) is 0 Å². The van der Waals surface area contributed by atoms with Gasteiger partial charge in [0.25, 0.3) is 0 Å². The smallest absolute Gasteiger partial charge is 0.0378 e. The Morgan fingerprint density at radius 1 is 0.162 bits per heavy atom. The van der Waals surface area contributed by atoms with Crippen molar-refractivity contribution in [3.05, 3.63) is 437 Å². The molecule has 0 saturated heterocycles. The van der Waals surface area contributed by atoms with Crippen LogP contribution in [-0.2, 0) is 0 Å². The summed E-state index contributed by atoms with van der Waals surface area (Å²) in [7, 11) is 0. The van der Waals surface area contributed by atoms with Crippen LogP contribution >= 0.6 is 0 Å². The van der Waals surface area contributed by atoms with Gasteiger partial charge in [-0.2, -0.15) is 0 Å². The zero-order valence-corrected chi connectivity index (χ0v) is 65.0. The van der Waals surface area contributed by atoms with Crippen LogP contribution in [-0.4, -0.2) is 29.9 Å². The highest BCUT2D eigenvalue weighted by atomic mass is 14.7. The van der Waals surface area contributed by atoms with Crippen molar-refractivity contribution in [1.82, 2.24) is 29.9 Å². The van der Waals surface area contributed by atoms with Crippen molar-refractivity contribution in [2.75, 3.05) is 0 Å². The normalized spacial score (nSPS) is 11.2. The first kappa shape index (κ1) is 72.0. The number of benzene rings is 15. The lowest BCUT2D eigenvalue weighted by molar-refractivity contribution is 1.20. The van der Waals surface area contributed by atoms with Crippen LogP contribution in [0.15, 0.2) is 420 Å². The first-order chi connectivity index (χ1) is 57.8. The van der Waals surface area contributed by atoms with Gasteiger partial charge in [-0.25, -0.2) is 0 Å². The summed E-state index contributed by atoms with van der Waals surface area (Å²) in [5, 5.41) is 15.1. The summed E-state index contributed by atoms with van der Waals surface area (Å²) in [6.45, 7) is 6.25. The zero-order chi connectivity index (χ0) is 78.5. The molecule has 0 N–H and O–H groups in total. The molecule has 6 heterocycles. The fraction of sp³-hybridized carbons (Fsp3) is 0.0270. The Hall–Kier alpha value is -15.2. The average Bonchev–Trinajstić information content (AvgIpc) is 0.744. The van der Waals surface area contributed by atoms with Crippen molar-refractivity contribution >= 4 is 64.6 Å². The van der Waals surface area contributed by atoms with Gasteiger partial charge in [-0.15, -0.1) is 0 Å². The molecule has 21 rings (SSSR count). The fourth-order valence-corrected chi connectivity index (χ4v) is 17.1. The number of fused-ring (bicyclic) bond motifs is 6. The molecule has 0 aliphatic rings. The summed E-state index contributed by atoms with van der Waals surface area (Å²) in [5.41, 5.74) is 32.4. The molecule has 552 valence electrons. The second-order valence-corrected chi connectivity index (χ2v) is 29.8. The van der Waals surface area contributed by atoms with E-state index in [0.29, 0.717) is 0 Å². The molecule has 0 spiro atoms. The van der Waals surface area contributed by atoms with Crippen molar-refractivity contribution in [2.24, 2.45) is 0 Å². The van der Waals surface area contributed by atoms with E-state index in [9.17, 15) is 0 Å². The molecule has 6 aromatic heterocycles. The molecular weight excluding hydrogens is 1420 g/mol. The summed E-state index contributed by atoms with van der Waals surface area (Å²) in [4.78, 5) is 25.7. The highest BCUT2D eigenvalue weighted by Crippen LogP contribution is 2.49. The molecule has 0 radical (unpaired) electrons. The Morgan fingerprint density at radius 3 is 0.744 bits per heavy atom. The summed E-state index contributed by atoms with van der Waals surface area (Å²) in [6.07, 6.45) is 20.6. The minimum absolute atomic E-state index is 1.03. The van der Waals surface area contributed by atoms with Gasteiger partial charge < -0.3 is 0 Å². The summed E-state index contributed by atoms with van der Waals surface area (Å²) >= 11 is 0. The third kappa shape index (κ3) is 14.3. The second kappa shape index (κ2) is 32.1. The van der Waals surface area contributed by atoms with Crippen LogP contribution in [0.1, 0.15) is 16.8 Å². The molecule has 21 aromatic rings. The summed E-state index contributed by atoms with van der Waals surface area (Å²) < 4.78 is 0. The average molecular weight is 1500 g/mol. The number of rotatable bonds is 12. The highest BCUT2D eigenvalue weighted by molar-refractivity contribution is 6.24. The van der Waals surface area contributed by atoms with Crippen LogP contribution in [0.4, 0.5) is 0 Å². The van der Waals surface area contributed by atoms with E-state index in [1.54, 1.807) is 0 Å². The first-order valence-corrected chi connectivity index (χ1v) is 39.7. The van der Waals surface area contributed by atoms with Crippen molar-refractivity contribution in [1.29, 1.82) is 0 Å². The van der Waals surface area contributed by atoms with Gasteiger partial charge in [0.05, 0.1) is 0 Å². The molecule has 0 bridgehead atoms. The van der Waals surface area contributed by atoms with Gasteiger partial charge in [0.15, 0.2) is 0 Å². The minimum atomic E-state index is 1.03. The van der Waals surface area contributed by atoms with Crippen LogP contribution in [0.2, 0.25) is 0 Å². The van der Waals surface area contributed by atoms with Gasteiger partial charge in [0.1, 0.15) is 0 Å². The molecule has 0 saturated carbocycles. The van der Waals surface area contributed by atoms with Crippen LogP contribution < -0.4 is 0 Å². The van der Waals surface area contributed by atoms with Gasteiger partial charge in [-0.05, 0) is 298 Å². The van der Waals surface area contributed by atoms with Gasteiger partial charge in [0.2, 0.25) is 0 Å². The number of hydrogen-bond donors (Lipinski definition) is 0. The lowest BCUT2D eigenvalue weighted by Crippen LogP contribution is -1.91. The van der Waals surface area contributed by atoms with Crippen molar-refractivity contribution < 1.29 is 0 Å². The number of aromatic nitrogens is 6. The zero-order valence-electron chi connectivity index (χ0n) is 65.0. The standard InChI is InChI=1S/3C37H26N2/c1-25-23-30(19-22-39-25)26-13-15-28(16-14-26)36-32-9-2-4-11-34(32)37(35-12-5-3-10-33(35)36)31-8-6-7-29(24-31)27-17-20-38-21-18-27;1-25-17-20-39-24-35(25)27-13-15-28(16-14-27)36-31-9-2-4-11-33(31)37(34-12-5-3-10-32(34)36)30-8-6-7-29(23-30)26-18-21-38-22-19-26;1-25-21-31(24-39-23-25)26-13-15-28(16-14-26)36-32-9-2-4-11-34(32)37(35-12-5-3-10-33(35)36)30-8-6-7-29(22-30)27-17-19-38-20-18-27/h3*2-24H,1H3. The van der Waals surface area contributed by atoms with Crippen LogP contribution in [0.25, 0.3) is 198 Å². The Kier molecular flexibility index (Phi) is 19.8. The third-order valence-corrected chi connectivity index (χ3v) is 22.6. The highest BCUT2D eigenvalue weighted by Gasteiger charge is 2.22. The lowest BCUT2D eigenvalue weighted by atomic mass is 9.85. The van der Waals surface area contributed by atoms with Crippen molar-refractivity contribution in [2.45, 2.75) is 20.8 Å². The lowest BCUT2D eigenvalue weighted by Gasteiger charge is -2.18. The number of hydrogen-bond acceptors (Lipinski definition) is 6. The minimum Gasteiger partial charge on any atom is -0.265 e. The number of nitrogens with zero attached hydrogens (tertiary/aromatic N) is 6. The van der Waals surface area contributed by atoms with Gasteiger partial charge in [-0.1, -0.05) is 273 Å². The molecule has 6 nitrogen and oxygen atoms in total. The largest absolute Gasteiger partial charge is 0.265 e. The molecular formula is C111H78N6. The third-order valence-electron chi connectivity index (χ3n) is 22.6. The van der Waals surface area contributed by atoms with E-state index >= 15 is 0 Å². The van der Waals surface area contributed by atoms with E-state index < -0.39 is 0 Å². The van der Waals surface area contributed by atoms with Gasteiger partial charge in [0, 0.05) is 85.0 Å². The predicted molar refractivity (Wildman–Crippen MR) is 491 cm³/mol. The number of pyridine rings is 6. The Morgan fingerprint density at radius 2 is 0.427 bits per heavy atom. The molecule has 15 aromatic carbocycles. The van der Waals surface area contributed by atoms with E-state index in [-0.39, 0.29) is 0 Å². The van der Waals surface area contributed by atoms with E-state index in [0.717, 1.165) is 16.8 Å². The van der Waals surface area contributed by atoms with E-state index in [4.69, 9.17) is 0 Å². The molecule has 6 heteroatoms. The van der Waals surface area contributed by atoms with Crippen LogP contribution in [0.5, 0.6) is 0 Å². The molecule has 0 unspecified atom stereocenters. The Labute approximate surface area is 681 Å². The maximum Gasteiger partial charge on any atom is 0.0378 e. The van der Waals surface area contributed by atoms with Crippen LogP contribution in [0.3, 0.4) is 0 Å². The molecule has 0 aliphatic carbocycles. The summed E-state index contributed by atoms with van der Waals surface area (Å²) in [6, 6.07) is 127. The first-order valence-electron chi connectivity index (χ1n) is 39.7. The molecule has 0 aliphatic heterocycles. The van der Waals surface area contributed by atoms with E-state index in [1.807, 2.05) is 75.1 Å². The van der Waals surface area contributed by atoms with Gasteiger partial charge in [-0.3, -0.25) is 29.9 Å². The summed E-state index contributed by atoms with van der Waals surface area (Å²) in [5.74, 6) is 0. The maximum atomic E-state index is 4.38. The van der Waals surface area contributed by atoms with E-state index in [1.165, 1.54) is 198 Å². The Balaban J connectivity index is 0.000000117. The quantitative estimate of drug-likeness (QED) is 0.113. The fourth-order valence-electron chi connectivity index (χ4n) is 17.1. The predicted octanol–water partition coefficient (Wildman–Crippen LogP) is 29.3. The number of aryl methyl sites for hydroxylation is 3. The van der Waals surface area contributed by atoms with Crippen molar-refractivity contribution in [3.8, 4) is 134 Å². The van der Waals surface area contributed by atoms with Gasteiger partial charge >= 0.3 is 0 Å². The molecule has 0 fully saturated rings. The molecule has 0 atom stereocenters. The van der Waals surface area contributed by atoms with Crippen LogP contribution in [0, 0.1) is 20.8 Å². The SMILES string of the molecule is Cc1cc(-c2ccc(-c3c4ccccc4c(-c4cccc(-c5ccncc5)c4)c4ccccc34)cc2)ccn1.Cc1ccncc1-c1ccc(-c2c3ccccc3c(-c3cccc(-c4ccncc4)c3)c3ccccc23)cc1.Cc1cncc(-c2ccc(-c3c4ccccc4c(-c4cccc(-c5ccncc5)c4)c4ccccc34)cc2)c1. The monoisotopic (exact) mass is 1490 g/mol. The topological polar surface area (TPSA) is 77.3 Å². The second-order valence-electron chi connectivity index (χ2n) is 29.8.